The Hall–Kier alpha value is -1.76. The highest BCUT2D eigenvalue weighted by Crippen LogP contribution is 2.15. The van der Waals surface area contributed by atoms with Crippen molar-refractivity contribution in [2.75, 3.05) is 6.61 Å². The van der Waals surface area contributed by atoms with E-state index in [1.807, 2.05) is 20.8 Å². The standard InChI is InChI=1S/C20H32O4/c1-6-8-15-23-19(21)11-9-12-20(22)24-18(14-13-16(3)4)17(5)10-7-2/h17-18H,3,6-12,15H2,1-2,4-5H3. The molecule has 0 saturated heterocycles. The average molecular weight is 336 g/mol. The monoisotopic (exact) mass is 336 g/mol. The van der Waals surface area contributed by atoms with Gasteiger partial charge in [-0.2, -0.15) is 0 Å². The van der Waals surface area contributed by atoms with Gasteiger partial charge in [0.1, 0.15) is 0 Å². The lowest BCUT2D eigenvalue weighted by Gasteiger charge is -2.19. The average Bonchev–Trinajstić information content (AvgIpc) is 2.51. The molecule has 0 N–H and O–H groups in total. The first kappa shape index (κ1) is 22.2. The highest BCUT2D eigenvalue weighted by atomic mass is 16.5. The minimum absolute atomic E-state index is 0.171. The smallest absolute Gasteiger partial charge is 0.307 e. The Balaban J connectivity index is 4.29. The number of hydrogen-bond donors (Lipinski definition) is 0. The van der Waals surface area contributed by atoms with E-state index < -0.39 is 6.10 Å². The summed E-state index contributed by atoms with van der Waals surface area (Å²) in [6.07, 6.45) is 4.25. The summed E-state index contributed by atoms with van der Waals surface area (Å²) >= 11 is 0. The molecule has 0 heterocycles. The number of carbonyl (C=O) groups excluding carboxylic acids is 2. The van der Waals surface area contributed by atoms with Crippen LogP contribution in [0.4, 0.5) is 0 Å². The van der Waals surface area contributed by atoms with Gasteiger partial charge in [-0.25, -0.2) is 0 Å². The van der Waals surface area contributed by atoms with Crippen molar-refractivity contribution in [3.05, 3.63) is 12.2 Å². The predicted octanol–water partition coefficient (Wildman–Crippen LogP) is 4.43. The van der Waals surface area contributed by atoms with Crippen LogP contribution in [0.25, 0.3) is 0 Å². The second kappa shape index (κ2) is 13.7. The van der Waals surface area contributed by atoms with Crippen LogP contribution in [0.15, 0.2) is 12.2 Å². The van der Waals surface area contributed by atoms with Crippen LogP contribution >= 0.6 is 0 Å². The Morgan fingerprint density at radius 3 is 2.33 bits per heavy atom. The number of esters is 2. The molecule has 4 nitrogen and oxygen atoms in total. The third-order valence-electron chi connectivity index (χ3n) is 3.47. The van der Waals surface area contributed by atoms with Gasteiger partial charge in [0, 0.05) is 18.8 Å². The molecule has 0 aromatic carbocycles. The molecule has 0 bridgehead atoms. The normalized spacial score (nSPS) is 12.5. The minimum atomic E-state index is -0.425. The lowest BCUT2D eigenvalue weighted by molar-refractivity contribution is -0.149. The SMILES string of the molecule is C=C(C)C#CC(OC(=O)CCCC(=O)OCCCC)C(C)CCC. The number of carbonyl (C=O) groups is 2. The molecule has 0 fully saturated rings. The van der Waals surface area contributed by atoms with Crippen LogP contribution in [-0.2, 0) is 19.1 Å². The second-order valence-corrected chi connectivity index (χ2v) is 6.15. The van der Waals surface area contributed by atoms with Crippen LogP contribution in [0.2, 0.25) is 0 Å². The first-order chi connectivity index (χ1) is 11.4. The fourth-order valence-electron chi connectivity index (χ4n) is 2.07. The molecule has 0 saturated carbocycles. The fraction of sp³-hybridized carbons (Fsp3) is 0.700. The summed E-state index contributed by atoms with van der Waals surface area (Å²) in [5.41, 5.74) is 0.745. The van der Waals surface area contributed by atoms with E-state index in [0.29, 0.717) is 13.0 Å². The molecule has 136 valence electrons. The molecular formula is C20H32O4. The molecule has 0 aromatic heterocycles. The summed E-state index contributed by atoms with van der Waals surface area (Å²) in [6, 6.07) is 0. The van der Waals surface area contributed by atoms with E-state index in [4.69, 9.17) is 9.47 Å². The van der Waals surface area contributed by atoms with Crippen LogP contribution in [0.3, 0.4) is 0 Å². The van der Waals surface area contributed by atoms with Gasteiger partial charge in [0.05, 0.1) is 6.61 Å². The molecule has 0 aliphatic rings. The Morgan fingerprint density at radius 2 is 1.75 bits per heavy atom. The molecule has 0 aromatic rings. The van der Waals surface area contributed by atoms with E-state index in [1.165, 1.54) is 0 Å². The quantitative estimate of drug-likeness (QED) is 0.318. The maximum Gasteiger partial charge on any atom is 0.307 e. The van der Waals surface area contributed by atoms with E-state index in [-0.39, 0.29) is 30.7 Å². The predicted molar refractivity (Wildman–Crippen MR) is 96.3 cm³/mol. The third kappa shape index (κ3) is 11.8. The zero-order valence-corrected chi connectivity index (χ0v) is 15.7. The van der Waals surface area contributed by atoms with Crippen LogP contribution in [-0.4, -0.2) is 24.6 Å². The Kier molecular flexibility index (Phi) is 12.7. The molecule has 2 unspecified atom stereocenters. The zero-order valence-electron chi connectivity index (χ0n) is 15.7. The van der Waals surface area contributed by atoms with Crippen molar-refractivity contribution >= 4 is 11.9 Å². The van der Waals surface area contributed by atoms with Crippen molar-refractivity contribution in [1.82, 2.24) is 0 Å². The Morgan fingerprint density at radius 1 is 1.08 bits per heavy atom. The number of ether oxygens (including phenoxy) is 2. The van der Waals surface area contributed by atoms with E-state index in [0.717, 1.165) is 31.3 Å². The maximum absolute atomic E-state index is 12.0. The van der Waals surface area contributed by atoms with Crippen LogP contribution in [0.5, 0.6) is 0 Å². The van der Waals surface area contributed by atoms with Gasteiger partial charge in [-0.1, -0.05) is 52.0 Å². The summed E-state index contributed by atoms with van der Waals surface area (Å²) in [5, 5.41) is 0. The molecule has 24 heavy (non-hydrogen) atoms. The highest BCUT2D eigenvalue weighted by molar-refractivity contribution is 5.72. The maximum atomic E-state index is 12.0. The summed E-state index contributed by atoms with van der Waals surface area (Å²) in [4.78, 5) is 23.5. The van der Waals surface area contributed by atoms with Crippen molar-refractivity contribution in [3.8, 4) is 11.8 Å². The Labute approximate surface area is 147 Å². The van der Waals surface area contributed by atoms with Crippen molar-refractivity contribution in [3.63, 3.8) is 0 Å². The number of hydrogen-bond acceptors (Lipinski definition) is 4. The first-order valence-corrected chi connectivity index (χ1v) is 8.92. The van der Waals surface area contributed by atoms with E-state index in [9.17, 15) is 9.59 Å². The molecular weight excluding hydrogens is 304 g/mol. The lowest BCUT2D eigenvalue weighted by Crippen LogP contribution is -2.24. The van der Waals surface area contributed by atoms with E-state index in [1.54, 1.807) is 0 Å². The molecule has 0 aliphatic heterocycles. The van der Waals surface area contributed by atoms with E-state index in [2.05, 4.69) is 25.3 Å². The fourth-order valence-corrected chi connectivity index (χ4v) is 2.07. The topological polar surface area (TPSA) is 52.6 Å². The number of rotatable bonds is 11. The molecule has 0 rings (SSSR count). The van der Waals surface area contributed by atoms with Gasteiger partial charge in [-0.15, -0.1) is 0 Å². The Bertz CT molecular complexity index is 456. The number of unbranched alkanes of at least 4 members (excludes halogenated alkanes) is 1. The zero-order chi connectivity index (χ0) is 18.4. The largest absolute Gasteiger partial charge is 0.466 e. The molecule has 0 spiro atoms. The van der Waals surface area contributed by atoms with Gasteiger partial charge in [0.15, 0.2) is 6.10 Å². The van der Waals surface area contributed by atoms with Crippen LogP contribution in [0.1, 0.15) is 72.6 Å². The van der Waals surface area contributed by atoms with Gasteiger partial charge in [-0.3, -0.25) is 9.59 Å². The van der Waals surface area contributed by atoms with Crippen molar-refractivity contribution in [2.24, 2.45) is 5.92 Å². The van der Waals surface area contributed by atoms with Crippen molar-refractivity contribution in [2.45, 2.75) is 78.7 Å². The molecule has 4 heteroatoms. The van der Waals surface area contributed by atoms with Gasteiger partial charge in [0.25, 0.3) is 0 Å². The molecule has 0 aliphatic carbocycles. The molecule has 0 amide bonds. The summed E-state index contributed by atoms with van der Waals surface area (Å²) in [7, 11) is 0. The summed E-state index contributed by atoms with van der Waals surface area (Å²) in [6.45, 7) is 12.2. The first-order valence-electron chi connectivity index (χ1n) is 8.92. The summed E-state index contributed by atoms with van der Waals surface area (Å²) in [5.74, 6) is 5.48. The third-order valence-corrected chi connectivity index (χ3v) is 3.47. The van der Waals surface area contributed by atoms with Gasteiger partial charge in [0.2, 0.25) is 0 Å². The van der Waals surface area contributed by atoms with Crippen LogP contribution < -0.4 is 0 Å². The molecule has 2 atom stereocenters. The van der Waals surface area contributed by atoms with Gasteiger partial charge >= 0.3 is 11.9 Å². The minimum Gasteiger partial charge on any atom is -0.466 e. The second-order valence-electron chi connectivity index (χ2n) is 6.15. The van der Waals surface area contributed by atoms with Gasteiger partial charge < -0.3 is 9.47 Å². The highest BCUT2D eigenvalue weighted by Gasteiger charge is 2.19. The lowest BCUT2D eigenvalue weighted by atomic mass is 9.99. The van der Waals surface area contributed by atoms with Crippen LogP contribution in [0, 0.1) is 17.8 Å². The molecule has 0 radical (unpaired) electrons. The van der Waals surface area contributed by atoms with E-state index >= 15 is 0 Å². The number of allylic oxidation sites excluding steroid dienone is 1. The van der Waals surface area contributed by atoms with Crippen molar-refractivity contribution < 1.29 is 19.1 Å². The summed E-state index contributed by atoms with van der Waals surface area (Å²) < 4.78 is 10.5. The van der Waals surface area contributed by atoms with Gasteiger partial charge in [-0.05, 0) is 31.8 Å². The van der Waals surface area contributed by atoms with Crippen molar-refractivity contribution in [1.29, 1.82) is 0 Å².